The normalized spacial score (nSPS) is 11.8. The van der Waals surface area contributed by atoms with Crippen LogP contribution >= 0.6 is 23.2 Å². The molecule has 19 nitrogen and oxygen atoms in total. The second-order valence-corrected chi connectivity index (χ2v) is 17.1. The van der Waals surface area contributed by atoms with Gasteiger partial charge in [0.25, 0.3) is 5.91 Å². The first-order chi connectivity index (χ1) is 27.0. The van der Waals surface area contributed by atoms with E-state index in [1.165, 1.54) is 49.2 Å². The number of carbonyl (C=O) groups excluding carboxylic acids is 1. The van der Waals surface area contributed by atoms with E-state index in [-0.39, 0.29) is 150 Å². The van der Waals surface area contributed by atoms with Crippen molar-refractivity contribution in [2.24, 2.45) is 20.5 Å². The van der Waals surface area contributed by atoms with E-state index in [1.807, 2.05) is 0 Å². The Kier molecular flexibility index (Phi) is 19.7. The van der Waals surface area contributed by atoms with Crippen LogP contribution in [0.25, 0.3) is 21.8 Å². The quantitative estimate of drug-likeness (QED) is 0.0727. The van der Waals surface area contributed by atoms with E-state index in [4.69, 9.17) is 23.2 Å². The molecule has 0 saturated carbocycles. The van der Waals surface area contributed by atoms with Gasteiger partial charge in [-0.25, -0.2) is 35.2 Å². The molecule has 1 radical (unpaired) electrons. The van der Waals surface area contributed by atoms with Crippen LogP contribution in [-0.4, -0.2) is 66.7 Å². The van der Waals surface area contributed by atoms with Crippen LogP contribution in [0, 0.1) is 6.92 Å². The van der Waals surface area contributed by atoms with E-state index < -0.39 is 79.5 Å². The van der Waals surface area contributed by atoms with Crippen LogP contribution in [0.5, 0.6) is 11.5 Å². The molecule has 0 aliphatic rings. The van der Waals surface area contributed by atoms with Crippen LogP contribution in [0.1, 0.15) is 21.5 Å². The van der Waals surface area contributed by atoms with E-state index in [9.17, 15) is 53.9 Å². The fourth-order valence-corrected chi connectivity index (χ4v) is 7.48. The van der Waals surface area contributed by atoms with Crippen molar-refractivity contribution in [3.63, 3.8) is 0 Å². The fraction of sp³-hybridized carbons (Fsp3) is 0.0882. The summed E-state index contributed by atoms with van der Waals surface area (Å²) in [5.74, 6) is -2.56. The molecule has 1 aromatic heterocycles. The number of amides is 1. The zero-order valence-corrected chi connectivity index (χ0v) is 43.3. The van der Waals surface area contributed by atoms with Gasteiger partial charge in [0.2, 0.25) is 0 Å². The molecule has 0 atom stereocenters. The predicted molar refractivity (Wildman–Crippen MR) is 198 cm³/mol. The number of rotatable bonds is 10. The van der Waals surface area contributed by atoms with Crippen LogP contribution in [0.3, 0.4) is 0 Å². The monoisotopic (exact) mass is 1020 g/mol. The maximum Gasteiger partial charge on any atom is 2.00 e. The van der Waals surface area contributed by atoms with E-state index in [0.29, 0.717) is 28.7 Å². The van der Waals surface area contributed by atoms with Gasteiger partial charge in [0.1, 0.15) is 36.0 Å². The Labute approximate surface area is 440 Å². The molecule has 6 rings (SSSR count). The molecule has 1 heterocycles. The smallest absolute Gasteiger partial charge is 0.871 e. The average molecular weight is 1020 g/mol. The van der Waals surface area contributed by atoms with Crippen molar-refractivity contribution < 1.29 is 160 Å². The molecule has 0 saturated heterocycles. The zero-order chi connectivity index (χ0) is 42.5. The minimum Gasteiger partial charge on any atom is -0.871 e. The third-order valence-corrected chi connectivity index (χ3v) is 11.4. The van der Waals surface area contributed by atoms with Crippen molar-refractivity contribution in [3.05, 3.63) is 99.8 Å². The molecule has 0 aliphatic heterocycles. The standard InChI is InChI=1S/C34H25Cl2N7O12S3.Cu.3Na/c1-16-9-25(40-42-30-29(58(53,54)55)13-19-11-20(56(47,48)49)5-6-21(19)31(30)45)27(44)14-23(16)39-41-26-10-17(3-8-28(26)57(50,51)52)15-43(2)34(46)18-4-7-22-24(12-18)38-33(36)32(35)37-22;;;;/h3-14,44-45H,15H2,1-2H3,(H,47,48,49)(H,50,51,52)(H,53,54,55);;;;/q;+2;3*+1/p-5. The van der Waals surface area contributed by atoms with Crippen molar-refractivity contribution >= 4 is 104 Å². The van der Waals surface area contributed by atoms with Crippen LogP contribution in [-0.2, 0) is 54.0 Å². The molecule has 0 fully saturated rings. The molecule has 0 spiro atoms. The van der Waals surface area contributed by atoms with Gasteiger partial charge in [-0.05, 0) is 89.5 Å². The number of azo groups is 2. The third-order valence-electron chi connectivity index (χ3n) is 8.25. The Balaban J connectivity index is 0.00000331. The van der Waals surface area contributed by atoms with Crippen molar-refractivity contribution in [2.45, 2.75) is 28.2 Å². The number of halogens is 2. The molecular formula is C34H20Cl2CuN7Na3O12S3. The molecular weight excluding hydrogens is 998 g/mol. The molecule has 0 unspecified atom stereocenters. The average Bonchev–Trinajstić information content (AvgIpc) is 3.13. The number of benzene rings is 5. The first-order valence-electron chi connectivity index (χ1n) is 15.8. The molecule has 62 heavy (non-hydrogen) atoms. The molecule has 28 heteroatoms. The zero-order valence-electron chi connectivity index (χ0n) is 32.4. The number of hydrogen-bond acceptors (Lipinski definition) is 18. The molecule has 0 N–H and O–H groups in total. The number of aryl methyl sites for hydroxylation is 1. The van der Waals surface area contributed by atoms with Gasteiger partial charge in [-0.15, -0.1) is 10.2 Å². The molecule has 6 aromatic rings. The van der Waals surface area contributed by atoms with Gasteiger partial charge in [-0.3, -0.25) is 4.79 Å². The first-order valence-corrected chi connectivity index (χ1v) is 20.8. The Morgan fingerprint density at radius 1 is 0.677 bits per heavy atom. The Bertz CT molecular complexity index is 3160. The number of carbonyl (C=O) groups is 1. The van der Waals surface area contributed by atoms with Crippen molar-refractivity contribution in [1.29, 1.82) is 0 Å². The summed E-state index contributed by atoms with van der Waals surface area (Å²) in [5.41, 5.74) is -0.639. The summed E-state index contributed by atoms with van der Waals surface area (Å²) in [5, 5.41) is 40.5. The second-order valence-electron chi connectivity index (χ2n) is 12.3. The van der Waals surface area contributed by atoms with Crippen molar-refractivity contribution in [3.8, 4) is 11.5 Å². The Hall–Kier alpha value is -2.20. The van der Waals surface area contributed by atoms with Gasteiger partial charge in [-0.2, -0.15) is 10.2 Å². The van der Waals surface area contributed by atoms with Crippen molar-refractivity contribution in [1.82, 2.24) is 14.9 Å². The van der Waals surface area contributed by atoms with Crippen LogP contribution in [0.15, 0.2) is 108 Å². The third kappa shape index (κ3) is 12.8. The van der Waals surface area contributed by atoms with E-state index in [0.717, 1.165) is 30.3 Å². The van der Waals surface area contributed by atoms with Gasteiger partial charge in [0.15, 0.2) is 10.3 Å². The van der Waals surface area contributed by atoms with Crippen LogP contribution in [0.2, 0.25) is 10.3 Å². The summed E-state index contributed by atoms with van der Waals surface area (Å²) < 4.78 is 107. The van der Waals surface area contributed by atoms with Gasteiger partial charge in [0, 0.05) is 19.2 Å². The van der Waals surface area contributed by atoms with Gasteiger partial charge in [-0.1, -0.05) is 46.8 Å². The summed E-state index contributed by atoms with van der Waals surface area (Å²) >= 11 is 11.9. The van der Waals surface area contributed by atoms with Crippen molar-refractivity contribution in [2.75, 3.05) is 7.05 Å². The van der Waals surface area contributed by atoms with E-state index in [1.54, 1.807) is 0 Å². The summed E-state index contributed by atoms with van der Waals surface area (Å²) in [6.07, 6.45) is 0. The maximum absolute atomic E-state index is 13.3. The first kappa shape index (κ1) is 55.9. The molecule has 0 bridgehead atoms. The summed E-state index contributed by atoms with van der Waals surface area (Å²) in [4.78, 5) is 20.0. The van der Waals surface area contributed by atoms with Gasteiger partial charge >= 0.3 is 106 Å². The number of nitrogens with zero attached hydrogens (tertiary/aromatic N) is 7. The van der Waals surface area contributed by atoms with Gasteiger partial charge in [0.05, 0.1) is 42.8 Å². The molecule has 309 valence electrons. The van der Waals surface area contributed by atoms with Crippen LogP contribution < -0.4 is 98.9 Å². The largest absolute Gasteiger partial charge is 2.00 e. The molecule has 5 aromatic carbocycles. The van der Waals surface area contributed by atoms with E-state index >= 15 is 0 Å². The minimum absolute atomic E-state index is 0. The summed E-state index contributed by atoms with van der Waals surface area (Å²) in [6, 6.07) is 13.0. The minimum atomic E-state index is -5.44. The topological polar surface area (TPSA) is 313 Å². The van der Waals surface area contributed by atoms with Gasteiger partial charge < -0.3 is 28.8 Å². The molecule has 0 aliphatic carbocycles. The SMILES string of the molecule is Cc1cc(N=Nc2c(S(=O)(=O)[O-])cc3cc(S(=O)(=O)[O-])ccc3c2[O-])c([O-])cc1N=Nc1cc(CN(C)C(=O)c2ccc3nc(Cl)c(Cl)nc3c2)ccc1S(=O)(=O)[O-].[Cu+2].[Na+].[Na+].[Na+]. The maximum atomic E-state index is 13.3. The number of fused-ring (bicyclic) bond motifs is 2. The molecule has 1 amide bonds. The fourth-order valence-electron chi connectivity index (χ4n) is 5.48. The Morgan fingerprint density at radius 2 is 1.27 bits per heavy atom. The predicted octanol–water partition coefficient (Wildman–Crippen LogP) is -3.63. The van der Waals surface area contributed by atoms with E-state index in [2.05, 4.69) is 30.4 Å². The Morgan fingerprint density at radius 3 is 1.89 bits per heavy atom. The summed E-state index contributed by atoms with van der Waals surface area (Å²) in [6.45, 7) is 1.32. The second kappa shape index (κ2) is 21.9. The summed E-state index contributed by atoms with van der Waals surface area (Å²) in [7, 11) is -14.1. The number of hydrogen-bond donors (Lipinski definition) is 0. The number of aromatic nitrogens is 2. The van der Waals surface area contributed by atoms with Crippen LogP contribution in [0.4, 0.5) is 22.7 Å².